The highest BCUT2D eigenvalue weighted by Gasteiger charge is 2.42. The molecule has 29 heavy (non-hydrogen) atoms. The summed E-state index contributed by atoms with van der Waals surface area (Å²) in [5, 5.41) is 3.40. The molecule has 7 heteroatoms. The van der Waals surface area contributed by atoms with Gasteiger partial charge in [-0.15, -0.1) is 0 Å². The molecule has 1 amide bonds. The van der Waals surface area contributed by atoms with Gasteiger partial charge in [-0.2, -0.15) is 0 Å². The van der Waals surface area contributed by atoms with Crippen LogP contribution in [0.3, 0.4) is 0 Å². The number of amides is 1. The molecule has 0 aliphatic carbocycles. The van der Waals surface area contributed by atoms with E-state index in [1.165, 1.54) is 12.1 Å². The molecule has 3 aliphatic rings. The highest BCUT2D eigenvalue weighted by atomic mass is 16.5. The third-order valence-electron chi connectivity index (χ3n) is 6.51. The van der Waals surface area contributed by atoms with Crippen LogP contribution in [0.4, 0.5) is 5.69 Å². The molecule has 1 spiro atoms. The van der Waals surface area contributed by atoms with E-state index in [0.717, 1.165) is 64.9 Å². The van der Waals surface area contributed by atoms with Crippen molar-refractivity contribution in [1.29, 1.82) is 0 Å². The molecular formula is C22H33N5O2. The molecule has 0 saturated carbocycles. The van der Waals surface area contributed by atoms with Gasteiger partial charge in [0, 0.05) is 77.0 Å². The number of hydrogen-bond donors (Lipinski definition) is 1. The first-order valence-electron chi connectivity index (χ1n) is 10.8. The molecule has 4 rings (SSSR count). The molecule has 1 unspecified atom stereocenters. The molecule has 7 nitrogen and oxygen atoms in total. The lowest BCUT2D eigenvalue weighted by Gasteiger charge is -2.36. The van der Waals surface area contributed by atoms with Crippen LogP contribution in [-0.4, -0.2) is 87.7 Å². The average Bonchev–Trinajstić information content (AvgIpc) is 3.41. The van der Waals surface area contributed by atoms with E-state index < -0.39 is 0 Å². The smallest absolute Gasteiger partial charge is 0.224 e. The van der Waals surface area contributed by atoms with Crippen LogP contribution in [0.25, 0.3) is 0 Å². The van der Waals surface area contributed by atoms with Gasteiger partial charge in [0.1, 0.15) is 0 Å². The summed E-state index contributed by atoms with van der Waals surface area (Å²) >= 11 is 0. The van der Waals surface area contributed by atoms with Gasteiger partial charge in [0.15, 0.2) is 5.96 Å². The predicted molar refractivity (Wildman–Crippen MR) is 115 cm³/mol. The largest absolute Gasteiger partial charge is 0.381 e. The summed E-state index contributed by atoms with van der Waals surface area (Å²) in [6, 6.07) is 10.4. The molecule has 1 aromatic rings. The molecule has 0 aromatic heterocycles. The fourth-order valence-electron chi connectivity index (χ4n) is 4.71. The second kappa shape index (κ2) is 9.03. The van der Waals surface area contributed by atoms with Crippen LogP contribution in [0.15, 0.2) is 35.3 Å². The van der Waals surface area contributed by atoms with Crippen molar-refractivity contribution in [2.75, 3.05) is 71.0 Å². The first kappa shape index (κ1) is 20.0. The topological polar surface area (TPSA) is 60.4 Å². The number of benzene rings is 1. The zero-order chi connectivity index (χ0) is 20.1. The van der Waals surface area contributed by atoms with Crippen LogP contribution < -0.4 is 10.2 Å². The van der Waals surface area contributed by atoms with Crippen LogP contribution in [0.5, 0.6) is 0 Å². The summed E-state index contributed by atoms with van der Waals surface area (Å²) in [5.74, 6) is 1.14. The third-order valence-corrected chi connectivity index (χ3v) is 6.51. The Morgan fingerprint density at radius 3 is 2.59 bits per heavy atom. The Kier molecular flexibility index (Phi) is 6.23. The van der Waals surface area contributed by atoms with Gasteiger partial charge in [0.05, 0.1) is 6.61 Å². The Bertz CT molecular complexity index is 709. The normalized spacial score (nSPS) is 25.1. The van der Waals surface area contributed by atoms with Crippen LogP contribution in [0.1, 0.15) is 19.3 Å². The van der Waals surface area contributed by atoms with Crippen molar-refractivity contribution < 1.29 is 9.53 Å². The van der Waals surface area contributed by atoms with E-state index >= 15 is 0 Å². The second-order valence-corrected chi connectivity index (χ2v) is 8.40. The maximum absolute atomic E-state index is 12.6. The maximum atomic E-state index is 12.6. The number of aliphatic imine (C=N–C) groups is 1. The first-order chi connectivity index (χ1) is 14.2. The fraction of sp³-hybridized carbons (Fsp3) is 0.636. The summed E-state index contributed by atoms with van der Waals surface area (Å²) in [5.41, 5.74) is 1.55. The highest BCUT2D eigenvalue weighted by molar-refractivity contribution is 5.81. The molecule has 1 N–H and O–H groups in total. The molecule has 158 valence electrons. The number of ether oxygens (including phenoxy) is 1. The summed E-state index contributed by atoms with van der Waals surface area (Å²) in [4.78, 5) is 23.7. The van der Waals surface area contributed by atoms with E-state index in [0.29, 0.717) is 18.4 Å². The van der Waals surface area contributed by atoms with E-state index in [1.807, 2.05) is 18.0 Å². The molecular weight excluding hydrogens is 366 g/mol. The van der Waals surface area contributed by atoms with Gasteiger partial charge < -0.3 is 24.8 Å². The van der Waals surface area contributed by atoms with Crippen molar-refractivity contribution in [2.45, 2.75) is 19.3 Å². The lowest BCUT2D eigenvalue weighted by Crippen LogP contribution is -2.49. The Labute approximate surface area is 173 Å². The molecule has 1 aromatic carbocycles. The predicted octanol–water partition coefficient (Wildman–Crippen LogP) is 1.41. The van der Waals surface area contributed by atoms with E-state index in [4.69, 9.17) is 4.74 Å². The van der Waals surface area contributed by atoms with Gasteiger partial charge in [-0.25, -0.2) is 0 Å². The third kappa shape index (κ3) is 4.66. The quantitative estimate of drug-likeness (QED) is 0.613. The minimum atomic E-state index is 0.225. The van der Waals surface area contributed by atoms with Crippen molar-refractivity contribution in [1.82, 2.24) is 15.1 Å². The molecule has 3 aliphatic heterocycles. The molecule has 0 radical (unpaired) electrons. The number of carbonyl (C=O) groups excluding carboxylic acids is 1. The van der Waals surface area contributed by atoms with Gasteiger partial charge in [-0.1, -0.05) is 18.2 Å². The Hall–Kier alpha value is -2.28. The number of para-hydroxylation sites is 1. The van der Waals surface area contributed by atoms with Crippen molar-refractivity contribution in [3.8, 4) is 0 Å². The SMILES string of the molecule is CN=C(NCCC(=O)N1CCN(c2ccccc2)CC1)N1CCC2(CCOC2)C1. The Morgan fingerprint density at radius 2 is 1.90 bits per heavy atom. The molecule has 3 fully saturated rings. The lowest BCUT2D eigenvalue weighted by molar-refractivity contribution is -0.131. The number of nitrogens with one attached hydrogen (secondary N) is 1. The summed E-state index contributed by atoms with van der Waals surface area (Å²) in [7, 11) is 1.82. The highest BCUT2D eigenvalue weighted by Crippen LogP contribution is 2.38. The van der Waals surface area contributed by atoms with Crippen molar-refractivity contribution in [2.24, 2.45) is 10.4 Å². The second-order valence-electron chi connectivity index (χ2n) is 8.40. The number of hydrogen-bond acceptors (Lipinski definition) is 4. The monoisotopic (exact) mass is 399 g/mol. The molecule has 3 saturated heterocycles. The standard InChI is InChI=1S/C22H33N5O2/c1-23-21(27-11-8-22(17-27)9-16-29-18-22)24-10-7-20(28)26-14-12-25(13-15-26)19-5-3-2-4-6-19/h2-6H,7-18H2,1H3,(H,23,24). The number of piperazine rings is 1. The number of nitrogens with zero attached hydrogens (tertiary/aromatic N) is 4. The lowest BCUT2D eigenvalue weighted by atomic mass is 9.87. The average molecular weight is 400 g/mol. The van der Waals surface area contributed by atoms with Crippen LogP contribution >= 0.6 is 0 Å². The van der Waals surface area contributed by atoms with E-state index in [1.54, 1.807) is 0 Å². The molecule has 3 heterocycles. The Morgan fingerprint density at radius 1 is 1.10 bits per heavy atom. The van der Waals surface area contributed by atoms with E-state index in [-0.39, 0.29) is 5.91 Å². The minimum absolute atomic E-state index is 0.225. The zero-order valence-electron chi connectivity index (χ0n) is 17.5. The van der Waals surface area contributed by atoms with Crippen LogP contribution in [-0.2, 0) is 9.53 Å². The van der Waals surface area contributed by atoms with Gasteiger partial charge >= 0.3 is 0 Å². The number of guanidine groups is 1. The van der Waals surface area contributed by atoms with Crippen molar-refractivity contribution in [3.63, 3.8) is 0 Å². The maximum Gasteiger partial charge on any atom is 0.224 e. The van der Waals surface area contributed by atoms with Gasteiger partial charge in [0.25, 0.3) is 0 Å². The van der Waals surface area contributed by atoms with Crippen molar-refractivity contribution in [3.05, 3.63) is 30.3 Å². The summed E-state index contributed by atoms with van der Waals surface area (Å²) < 4.78 is 5.62. The van der Waals surface area contributed by atoms with Gasteiger partial charge in [-0.05, 0) is 25.0 Å². The first-order valence-corrected chi connectivity index (χ1v) is 10.8. The minimum Gasteiger partial charge on any atom is -0.381 e. The van der Waals surface area contributed by atoms with E-state index in [9.17, 15) is 4.79 Å². The fourth-order valence-corrected chi connectivity index (χ4v) is 4.71. The van der Waals surface area contributed by atoms with E-state index in [2.05, 4.69) is 44.4 Å². The van der Waals surface area contributed by atoms with Gasteiger partial charge in [0.2, 0.25) is 5.91 Å². The summed E-state index contributed by atoms with van der Waals surface area (Å²) in [6.07, 6.45) is 2.82. The number of anilines is 1. The van der Waals surface area contributed by atoms with Crippen LogP contribution in [0, 0.1) is 5.41 Å². The Balaban J connectivity index is 1.19. The van der Waals surface area contributed by atoms with Crippen molar-refractivity contribution >= 4 is 17.6 Å². The molecule has 0 bridgehead atoms. The molecule has 1 atom stereocenters. The van der Waals surface area contributed by atoms with Gasteiger partial charge in [-0.3, -0.25) is 9.79 Å². The number of carbonyl (C=O) groups is 1. The summed E-state index contributed by atoms with van der Waals surface area (Å²) in [6.45, 7) is 7.75. The number of likely N-dealkylation sites (tertiary alicyclic amines) is 1. The van der Waals surface area contributed by atoms with Crippen LogP contribution in [0.2, 0.25) is 0 Å². The zero-order valence-corrected chi connectivity index (χ0v) is 17.5. The number of rotatable bonds is 4.